The lowest BCUT2D eigenvalue weighted by Crippen LogP contribution is -2.31. The van der Waals surface area contributed by atoms with Gasteiger partial charge < -0.3 is 24.1 Å². The lowest BCUT2D eigenvalue weighted by atomic mass is 9.99. The van der Waals surface area contributed by atoms with Gasteiger partial charge in [0.1, 0.15) is 11.1 Å². The Labute approximate surface area is 204 Å². The van der Waals surface area contributed by atoms with Gasteiger partial charge >= 0.3 is 6.18 Å². The minimum absolute atomic E-state index is 0.0482. The average molecular weight is 506 g/mol. The van der Waals surface area contributed by atoms with E-state index in [0.717, 1.165) is 12.1 Å². The summed E-state index contributed by atoms with van der Waals surface area (Å²) in [5, 5.41) is 2.12. The Morgan fingerprint density at radius 3 is 2.33 bits per heavy atom. The Bertz CT molecular complexity index is 1350. The molecule has 0 fully saturated rings. The highest BCUT2D eigenvalue weighted by Gasteiger charge is 2.32. The Morgan fingerprint density at radius 2 is 1.72 bits per heavy atom. The summed E-state index contributed by atoms with van der Waals surface area (Å²) in [6, 6.07) is 6.36. The van der Waals surface area contributed by atoms with Crippen molar-refractivity contribution >= 4 is 22.7 Å². The fourth-order valence-corrected chi connectivity index (χ4v) is 3.54. The molecule has 0 radical (unpaired) electrons. The van der Waals surface area contributed by atoms with Crippen molar-refractivity contribution < 1.29 is 36.7 Å². The van der Waals surface area contributed by atoms with Crippen LogP contribution in [0, 0.1) is 0 Å². The van der Waals surface area contributed by atoms with Crippen LogP contribution in [-0.4, -0.2) is 58.0 Å². The van der Waals surface area contributed by atoms with Crippen LogP contribution >= 0.6 is 0 Å². The van der Waals surface area contributed by atoms with Gasteiger partial charge in [0.05, 0.1) is 25.2 Å². The second-order valence-electron chi connectivity index (χ2n) is 8.16. The summed E-state index contributed by atoms with van der Waals surface area (Å²) in [5.41, 5.74) is -3.13. The number of rotatable bonds is 9. The van der Waals surface area contributed by atoms with E-state index in [9.17, 15) is 27.6 Å². The summed E-state index contributed by atoms with van der Waals surface area (Å²) in [4.78, 5) is 41.7. The van der Waals surface area contributed by atoms with E-state index in [2.05, 4.69) is 5.32 Å². The van der Waals surface area contributed by atoms with Gasteiger partial charge in [0.2, 0.25) is 17.0 Å². The van der Waals surface area contributed by atoms with Gasteiger partial charge in [-0.2, -0.15) is 13.2 Å². The number of amides is 1. The molecule has 11 heteroatoms. The number of benzene rings is 2. The summed E-state index contributed by atoms with van der Waals surface area (Å²) < 4.78 is 55.7. The molecule has 192 valence electrons. The number of hydrogen-bond donors (Lipinski definition) is 1. The van der Waals surface area contributed by atoms with Crippen molar-refractivity contribution in [2.24, 2.45) is 0 Å². The first-order chi connectivity index (χ1) is 17.0. The minimum Gasteiger partial charge on any atom is -0.493 e. The number of fused-ring (bicyclic) bond motifs is 1. The van der Waals surface area contributed by atoms with Crippen LogP contribution in [0.1, 0.15) is 38.5 Å². The first-order valence-electron chi connectivity index (χ1n) is 10.9. The highest BCUT2D eigenvalue weighted by molar-refractivity contribution is 6.15. The minimum atomic E-state index is -4.73. The number of ether oxygens (including phenoxy) is 2. The maximum absolute atomic E-state index is 13.4. The van der Waals surface area contributed by atoms with Crippen LogP contribution in [0.3, 0.4) is 0 Å². The molecule has 1 N–H and O–H groups in total. The van der Waals surface area contributed by atoms with Crippen molar-refractivity contribution in [2.45, 2.75) is 12.6 Å². The second kappa shape index (κ2) is 10.8. The summed E-state index contributed by atoms with van der Waals surface area (Å²) in [6.07, 6.45) is -4.15. The molecule has 36 heavy (non-hydrogen) atoms. The molecule has 0 atom stereocenters. The topological polar surface area (TPSA) is 98.1 Å². The van der Waals surface area contributed by atoms with Crippen LogP contribution in [-0.2, 0) is 6.18 Å². The Morgan fingerprint density at radius 1 is 1.03 bits per heavy atom. The Hall–Kier alpha value is -3.86. The maximum atomic E-state index is 13.4. The molecule has 1 heterocycles. The molecule has 0 unspecified atom stereocenters. The fraction of sp³-hybridized carbons (Fsp3) is 0.320. The predicted molar refractivity (Wildman–Crippen MR) is 126 cm³/mol. The third kappa shape index (κ3) is 5.68. The number of nitrogens with zero attached hydrogens (tertiary/aromatic N) is 1. The van der Waals surface area contributed by atoms with E-state index in [0.29, 0.717) is 24.8 Å². The Kier molecular flexibility index (Phi) is 8.03. The SMILES string of the molecule is COc1ccc(C(=O)c2c(C(=O)NCCCN(C)C)oc3ccc(C(F)(F)F)cc3c2=O)cc1OC. The number of alkyl halides is 3. The van der Waals surface area contributed by atoms with Crippen LogP contribution in [0.4, 0.5) is 13.2 Å². The number of carbonyl (C=O) groups excluding carboxylic acids is 2. The molecule has 0 aliphatic rings. The first kappa shape index (κ1) is 26.7. The van der Waals surface area contributed by atoms with E-state index >= 15 is 0 Å². The van der Waals surface area contributed by atoms with Crippen LogP contribution in [0.2, 0.25) is 0 Å². The molecule has 0 saturated heterocycles. The summed E-state index contributed by atoms with van der Waals surface area (Å²) in [5.74, 6) is -1.84. The van der Waals surface area contributed by atoms with Gasteiger partial charge in [-0.3, -0.25) is 14.4 Å². The summed E-state index contributed by atoms with van der Waals surface area (Å²) >= 11 is 0. The number of methoxy groups -OCH3 is 2. The van der Waals surface area contributed by atoms with Crippen LogP contribution in [0.5, 0.6) is 11.5 Å². The molecular weight excluding hydrogens is 481 g/mol. The predicted octanol–water partition coefficient (Wildman–Crippen LogP) is 3.74. The van der Waals surface area contributed by atoms with E-state index in [1.54, 1.807) is 0 Å². The molecule has 0 aliphatic heterocycles. The first-order valence-corrected chi connectivity index (χ1v) is 10.9. The van der Waals surface area contributed by atoms with Crippen molar-refractivity contribution in [2.75, 3.05) is 41.4 Å². The molecule has 1 amide bonds. The molecular formula is C25H25F3N2O6. The van der Waals surface area contributed by atoms with Gasteiger partial charge in [-0.25, -0.2) is 0 Å². The van der Waals surface area contributed by atoms with Crippen molar-refractivity contribution in [3.05, 3.63) is 69.1 Å². The van der Waals surface area contributed by atoms with Gasteiger partial charge in [-0.15, -0.1) is 0 Å². The zero-order valence-corrected chi connectivity index (χ0v) is 20.1. The fourth-order valence-electron chi connectivity index (χ4n) is 3.54. The van der Waals surface area contributed by atoms with Gasteiger partial charge in [-0.05, 0) is 63.5 Å². The van der Waals surface area contributed by atoms with Crippen LogP contribution in [0.15, 0.2) is 45.6 Å². The molecule has 0 spiro atoms. The largest absolute Gasteiger partial charge is 0.493 e. The van der Waals surface area contributed by atoms with Gasteiger partial charge in [0, 0.05) is 12.1 Å². The van der Waals surface area contributed by atoms with Crippen LogP contribution < -0.4 is 20.2 Å². The second-order valence-corrected chi connectivity index (χ2v) is 8.16. The zero-order valence-electron chi connectivity index (χ0n) is 20.1. The third-order valence-electron chi connectivity index (χ3n) is 5.36. The molecule has 2 aromatic carbocycles. The highest BCUT2D eigenvalue weighted by Crippen LogP contribution is 2.32. The van der Waals surface area contributed by atoms with Crippen molar-refractivity contribution in [3.8, 4) is 11.5 Å². The molecule has 3 rings (SSSR count). The quantitative estimate of drug-likeness (QED) is 0.349. The zero-order chi connectivity index (χ0) is 26.6. The highest BCUT2D eigenvalue weighted by atomic mass is 19.4. The lowest BCUT2D eigenvalue weighted by molar-refractivity contribution is -0.137. The average Bonchev–Trinajstić information content (AvgIpc) is 2.84. The molecule has 0 saturated carbocycles. The summed E-state index contributed by atoms with van der Waals surface area (Å²) in [7, 11) is 6.47. The molecule has 0 aliphatic carbocycles. The molecule has 1 aromatic heterocycles. The normalized spacial score (nSPS) is 11.6. The molecule has 0 bridgehead atoms. The molecule has 8 nitrogen and oxygen atoms in total. The number of hydrogen-bond acceptors (Lipinski definition) is 7. The number of nitrogens with one attached hydrogen (secondary N) is 1. The number of halogens is 3. The van der Waals surface area contributed by atoms with Gasteiger partial charge in [0.15, 0.2) is 11.5 Å². The van der Waals surface area contributed by atoms with Crippen LogP contribution in [0.25, 0.3) is 11.0 Å². The maximum Gasteiger partial charge on any atom is 0.416 e. The van der Waals surface area contributed by atoms with Gasteiger partial charge in [-0.1, -0.05) is 0 Å². The van der Waals surface area contributed by atoms with Crippen molar-refractivity contribution in [1.82, 2.24) is 10.2 Å². The van der Waals surface area contributed by atoms with E-state index in [-0.39, 0.29) is 23.4 Å². The molecule has 3 aromatic rings. The van der Waals surface area contributed by atoms with Crippen molar-refractivity contribution in [1.29, 1.82) is 0 Å². The van der Waals surface area contributed by atoms with Crippen molar-refractivity contribution in [3.63, 3.8) is 0 Å². The smallest absolute Gasteiger partial charge is 0.416 e. The standard InChI is InChI=1S/C25H25F3N2O6/c1-30(2)11-5-10-29-24(33)23-20(21(31)14-6-8-18(34-3)19(12-14)35-4)22(32)16-13-15(25(26,27)28)7-9-17(16)36-23/h6-9,12-13H,5,10-11H2,1-4H3,(H,29,33). The lowest BCUT2D eigenvalue weighted by Gasteiger charge is -2.13. The Balaban J connectivity index is 2.17. The van der Waals surface area contributed by atoms with E-state index in [1.165, 1.54) is 32.4 Å². The monoisotopic (exact) mass is 506 g/mol. The van der Waals surface area contributed by atoms with E-state index < -0.39 is 45.6 Å². The number of ketones is 1. The van der Waals surface area contributed by atoms with E-state index in [4.69, 9.17) is 13.9 Å². The number of carbonyl (C=O) groups is 2. The van der Waals surface area contributed by atoms with Gasteiger partial charge in [0.25, 0.3) is 5.91 Å². The summed E-state index contributed by atoms with van der Waals surface area (Å²) in [6.45, 7) is 0.884. The third-order valence-corrected chi connectivity index (χ3v) is 5.36. The van der Waals surface area contributed by atoms with E-state index in [1.807, 2.05) is 19.0 Å².